The first kappa shape index (κ1) is 24.0. The summed E-state index contributed by atoms with van der Waals surface area (Å²) in [5.74, 6) is 1.19. The van der Waals surface area contributed by atoms with Crippen molar-refractivity contribution in [3.8, 4) is 11.5 Å². The second-order valence-electron chi connectivity index (χ2n) is 8.63. The van der Waals surface area contributed by atoms with Crippen LogP contribution < -0.4 is 9.47 Å². The Balaban J connectivity index is 1.32. The summed E-state index contributed by atoms with van der Waals surface area (Å²) in [7, 11) is 3.14. The van der Waals surface area contributed by atoms with Crippen LogP contribution in [-0.4, -0.2) is 99.3 Å². The number of nitrogens with zero attached hydrogens (tertiary/aromatic N) is 3. The van der Waals surface area contributed by atoms with Gasteiger partial charge in [-0.15, -0.1) is 0 Å². The molecular weight excluding hydrogens is 434 g/mol. The maximum Gasteiger partial charge on any atom is 0.254 e. The molecule has 34 heavy (non-hydrogen) atoms. The SMILES string of the molecule is COc1ccc(C(=O)N2CCO[C@H](CN3CCCN(C(=O)c4ccccc4)CC3)C2)cc1OC. The number of carbonyl (C=O) groups excluding carboxylic acids is 2. The summed E-state index contributed by atoms with van der Waals surface area (Å²) in [5.41, 5.74) is 1.30. The van der Waals surface area contributed by atoms with Gasteiger partial charge in [0.25, 0.3) is 11.8 Å². The molecule has 2 fully saturated rings. The minimum atomic E-state index is -0.0609. The van der Waals surface area contributed by atoms with Gasteiger partial charge in [-0.2, -0.15) is 0 Å². The van der Waals surface area contributed by atoms with Gasteiger partial charge in [0, 0.05) is 50.4 Å². The van der Waals surface area contributed by atoms with Crippen LogP contribution in [0.15, 0.2) is 48.5 Å². The number of morpholine rings is 1. The summed E-state index contributed by atoms with van der Waals surface area (Å²) in [5, 5.41) is 0. The number of carbonyl (C=O) groups is 2. The van der Waals surface area contributed by atoms with Gasteiger partial charge in [-0.25, -0.2) is 0 Å². The van der Waals surface area contributed by atoms with E-state index in [1.165, 1.54) is 0 Å². The average molecular weight is 468 g/mol. The average Bonchev–Trinajstić information content (AvgIpc) is 3.13. The van der Waals surface area contributed by atoms with E-state index < -0.39 is 0 Å². The van der Waals surface area contributed by atoms with E-state index in [4.69, 9.17) is 14.2 Å². The zero-order chi connectivity index (χ0) is 23.9. The summed E-state index contributed by atoms with van der Waals surface area (Å²) in [6.45, 7) is 5.48. The molecule has 2 aromatic carbocycles. The molecule has 0 saturated carbocycles. The van der Waals surface area contributed by atoms with Crippen LogP contribution in [-0.2, 0) is 4.74 Å². The highest BCUT2D eigenvalue weighted by Gasteiger charge is 2.28. The quantitative estimate of drug-likeness (QED) is 0.650. The van der Waals surface area contributed by atoms with Gasteiger partial charge in [-0.05, 0) is 43.3 Å². The van der Waals surface area contributed by atoms with Gasteiger partial charge >= 0.3 is 0 Å². The summed E-state index contributed by atoms with van der Waals surface area (Å²) in [4.78, 5) is 32.1. The minimum Gasteiger partial charge on any atom is -0.493 e. The molecule has 8 heteroatoms. The Kier molecular flexibility index (Phi) is 8.03. The Labute approximate surface area is 201 Å². The molecule has 2 aliphatic heterocycles. The predicted octanol–water partition coefficient (Wildman–Crippen LogP) is 2.39. The Morgan fingerprint density at radius 1 is 0.853 bits per heavy atom. The molecule has 0 bridgehead atoms. The Bertz CT molecular complexity index is 984. The van der Waals surface area contributed by atoms with Crippen LogP contribution in [0.1, 0.15) is 27.1 Å². The number of ether oxygens (including phenoxy) is 3. The fourth-order valence-corrected chi connectivity index (χ4v) is 4.57. The smallest absolute Gasteiger partial charge is 0.254 e. The van der Waals surface area contributed by atoms with Gasteiger partial charge in [0.2, 0.25) is 0 Å². The molecule has 4 rings (SSSR count). The number of amides is 2. The number of hydrogen-bond acceptors (Lipinski definition) is 6. The molecule has 0 unspecified atom stereocenters. The highest BCUT2D eigenvalue weighted by Crippen LogP contribution is 2.28. The van der Waals surface area contributed by atoms with Crippen molar-refractivity contribution in [1.29, 1.82) is 0 Å². The largest absolute Gasteiger partial charge is 0.493 e. The highest BCUT2D eigenvalue weighted by atomic mass is 16.5. The maximum atomic E-state index is 13.1. The van der Waals surface area contributed by atoms with Crippen molar-refractivity contribution in [2.24, 2.45) is 0 Å². The Morgan fingerprint density at radius 3 is 2.38 bits per heavy atom. The van der Waals surface area contributed by atoms with Crippen LogP contribution in [0.3, 0.4) is 0 Å². The lowest BCUT2D eigenvalue weighted by atomic mass is 10.1. The molecule has 1 atom stereocenters. The highest BCUT2D eigenvalue weighted by molar-refractivity contribution is 5.95. The van der Waals surface area contributed by atoms with Gasteiger partial charge in [-0.3, -0.25) is 14.5 Å². The van der Waals surface area contributed by atoms with E-state index in [0.717, 1.165) is 38.2 Å². The molecule has 2 aromatic rings. The molecule has 2 amide bonds. The zero-order valence-corrected chi connectivity index (χ0v) is 19.9. The first-order valence-electron chi connectivity index (χ1n) is 11.8. The molecule has 0 N–H and O–H groups in total. The van der Waals surface area contributed by atoms with E-state index >= 15 is 0 Å². The van der Waals surface area contributed by atoms with E-state index in [-0.39, 0.29) is 17.9 Å². The Hall–Kier alpha value is -3.10. The normalized spacial score (nSPS) is 19.4. The molecule has 0 spiro atoms. The zero-order valence-electron chi connectivity index (χ0n) is 19.9. The van der Waals surface area contributed by atoms with Crippen LogP contribution in [0, 0.1) is 0 Å². The third-order valence-corrected chi connectivity index (χ3v) is 6.41. The monoisotopic (exact) mass is 467 g/mol. The number of methoxy groups -OCH3 is 2. The summed E-state index contributed by atoms with van der Waals surface area (Å²) in [6, 6.07) is 14.7. The van der Waals surface area contributed by atoms with Crippen molar-refractivity contribution in [1.82, 2.24) is 14.7 Å². The molecule has 0 radical (unpaired) electrons. The first-order valence-corrected chi connectivity index (χ1v) is 11.8. The molecule has 2 saturated heterocycles. The molecule has 0 aliphatic carbocycles. The van der Waals surface area contributed by atoms with Crippen LogP contribution in [0.5, 0.6) is 11.5 Å². The fraction of sp³-hybridized carbons (Fsp3) is 0.462. The van der Waals surface area contributed by atoms with E-state index in [0.29, 0.717) is 43.3 Å². The van der Waals surface area contributed by atoms with E-state index in [1.54, 1.807) is 32.4 Å². The molecule has 182 valence electrons. The Morgan fingerprint density at radius 2 is 1.62 bits per heavy atom. The second kappa shape index (κ2) is 11.4. The second-order valence-corrected chi connectivity index (χ2v) is 8.63. The first-order chi connectivity index (χ1) is 16.6. The van der Waals surface area contributed by atoms with E-state index in [1.807, 2.05) is 40.1 Å². The van der Waals surface area contributed by atoms with E-state index in [9.17, 15) is 9.59 Å². The third-order valence-electron chi connectivity index (χ3n) is 6.41. The number of hydrogen-bond donors (Lipinski definition) is 0. The third kappa shape index (κ3) is 5.69. The molecule has 2 aliphatic rings. The lowest BCUT2D eigenvalue weighted by molar-refractivity contribution is -0.0353. The van der Waals surface area contributed by atoms with Gasteiger partial charge in [0.1, 0.15) is 0 Å². The number of benzene rings is 2. The van der Waals surface area contributed by atoms with Crippen LogP contribution >= 0.6 is 0 Å². The molecular formula is C26H33N3O5. The van der Waals surface area contributed by atoms with Crippen LogP contribution in [0.4, 0.5) is 0 Å². The van der Waals surface area contributed by atoms with Crippen LogP contribution in [0.2, 0.25) is 0 Å². The van der Waals surface area contributed by atoms with Crippen molar-refractivity contribution in [3.05, 3.63) is 59.7 Å². The molecule has 2 heterocycles. The fourth-order valence-electron chi connectivity index (χ4n) is 4.57. The lowest BCUT2D eigenvalue weighted by Crippen LogP contribution is -2.50. The summed E-state index contributed by atoms with van der Waals surface area (Å²) < 4.78 is 16.6. The molecule has 8 nitrogen and oxygen atoms in total. The standard InChI is InChI=1S/C26H33N3O5/c1-32-23-10-9-21(17-24(23)33-2)26(31)29-15-16-34-22(19-29)18-27-11-6-12-28(14-13-27)25(30)20-7-4-3-5-8-20/h3-5,7-10,17,22H,6,11-16,18-19H2,1-2H3/t22-/m1/s1. The van der Waals surface area contributed by atoms with Gasteiger partial charge in [0.15, 0.2) is 11.5 Å². The van der Waals surface area contributed by atoms with Crippen LogP contribution in [0.25, 0.3) is 0 Å². The molecule has 0 aromatic heterocycles. The predicted molar refractivity (Wildman–Crippen MR) is 129 cm³/mol. The number of rotatable bonds is 6. The van der Waals surface area contributed by atoms with Gasteiger partial charge < -0.3 is 24.0 Å². The van der Waals surface area contributed by atoms with Crippen molar-refractivity contribution in [2.75, 3.05) is 66.6 Å². The summed E-state index contributed by atoms with van der Waals surface area (Å²) in [6.07, 6.45) is 0.855. The van der Waals surface area contributed by atoms with E-state index in [2.05, 4.69) is 4.90 Å². The van der Waals surface area contributed by atoms with Crippen molar-refractivity contribution >= 4 is 11.8 Å². The minimum absolute atomic E-state index is 0.0373. The topological polar surface area (TPSA) is 71.5 Å². The van der Waals surface area contributed by atoms with Crippen molar-refractivity contribution in [3.63, 3.8) is 0 Å². The maximum absolute atomic E-state index is 13.1. The van der Waals surface area contributed by atoms with Gasteiger partial charge in [-0.1, -0.05) is 18.2 Å². The van der Waals surface area contributed by atoms with Crippen molar-refractivity contribution < 1.29 is 23.8 Å². The van der Waals surface area contributed by atoms with Crippen molar-refractivity contribution in [2.45, 2.75) is 12.5 Å². The summed E-state index contributed by atoms with van der Waals surface area (Å²) >= 11 is 0. The van der Waals surface area contributed by atoms with Gasteiger partial charge in [0.05, 0.1) is 26.9 Å². The lowest BCUT2D eigenvalue weighted by Gasteiger charge is -2.35.